The highest BCUT2D eigenvalue weighted by Crippen LogP contribution is 2.39. The molecule has 2 heterocycles. The number of amides is 1. The predicted octanol–water partition coefficient (Wildman–Crippen LogP) is 4.79. The van der Waals surface area contributed by atoms with Crippen molar-refractivity contribution in [1.29, 1.82) is 0 Å². The summed E-state index contributed by atoms with van der Waals surface area (Å²) < 4.78 is 5.44. The van der Waals surface area contributed by atoms with E-state index in [9.17, 15) is 4.79 Å². The first-order chi connectivity index (χ1) is 14.6. The van der Waals surface area contributed by atoms with Crippen LogP contribution < -0.4 is 10.6 Å². The second-order valence-corrected chi connectivity index (χ2v) is 10.5. The Bertz CT molecular complexity index is 766. The Kier molecular flexibility index (Phi) is 7.35. The lowest BCUT2D eigenvalue weighted by Gasteiger charge is -2.45. The summed E-state index contributed by atoms with van der Waals surface area (Å²) in [5, 5.41) is 6.58. The summed E-state index contributed by atoms with van der Waals surface area (Å²) in [7, 11) is 0. The molecule has 0 aromatic heterocycles. The molecule has 5 nitrogen and oxygen atoms in total. The van der Waals surface area contributed by atoms with Crippen LogP contribution in [0.2, 0.25) is 0 Å². The molecule has 2 N–H and O–H groups in total. The van der Waals surface area contributed by atoms with Crippen molar-refractivity contribution >= 4 is 6.09 Å². The fourth-order valence-corrected chi connectivity index (χ4v) is 5.08. The van der Waals surface area contributed by atoms with E-state index in [-0.39, 0.29) is 12.1 Å². The Balaban J connectivity index is 1.72. The van der Waals surface area contributed by atoms with Gasteiger partial charge in [-0.15, -0.1) is 6.58 Å². The van der Waals surface area contributed by atoms with Gasteiger partial charge in [-0.25, -0.2) is 4.79 Å². The molecule has 0 aromatic carbocycles. The van der Waals surface area contributed by atoms with Crippen LogP contribution in [0.1, 0.15) is 54.4 Å². The molecule has 1 amide bonds. The minimum Gasteiger partial charge on any atom is -0.444 e. The first-order valence-corrected chi connectivity index (χ1v) is 11.8. The van der Waals surface area contributed by atoms with Crippen LogP contribution in [-0.4, -0.2) is 48.3 Å². The molecule has 1 fully saturated rings. The van der Waals surface area contributed by atoms with Gasteiger partial charge in [0.05, 0.1) is 0 Å². The maximum Gasteiger partial charge on any atom is 0.407 e. The van der Waals surface area contributed by atoms with Gasteiger partial charge in [0.2, 0.25) is 0 Å². The summed E-state index contributed by atoms with van der Waals surface area (Å²) in [5.74, 6) is 1.40. The number of carbonyl (C=O) groups is 1. The van der Waals surface area contributed by atoms with E-state index in [0.29, 0.717) is 23.8 Å². The number of alkyl carbamates (subject to hydrolysis) is 1. The number of piperidine rings is 1. The molecule has 0 bridgehead atoms. The molecule has 172 valence electrons. The molecule has 4 unspecified atom stereocenters. The normalized spacial score (nSPS) is 30.5. The van der Waals surface area contributed by atoms with Crippen LogP contribution in [-0.2, 0) is 4.74 Å². The highest BCUT2D eigenvalue weighted by atomic mass is 16.6. The van der Waals surface area contributed by atoms with Crippen LogP contribution in [0, 0.1) is 17.8 Å². The van der Waals surface area contributed by atoms with Gasteiger partial charge in [0, 0.05) is 43.8 Å². The summed E-state index contributed by atoms with van der Waals surface area (Å²) in [6.07, 6.45) is 10.6. The predicted molar refractivity (Wildman–Crippen MR) is 128 cm³/mol. The van der Waals surface area contributed by atoms with E-state index in [1.165, 1.54) is 16.7 Å². The molecule has 2 aliphatic heterocycles. The molecule has 0 aromatic rings. The van der Waals surface area contributed by atoms with Crippen LogP contribution in [0.25, 0.3) is 0 Å². The standard InChI is InChI=1S/C26H41N3O2/c1-8-20-15-27-16-23(22-14-17(2)13-18(3)19(22)4)24(20)29-11-9-21(10-12-29)28-25(30)31-26(5,6)7/h8,13-14,16,18-21,24,27H,1,9-12,15H2,2-7H3,(H,28,30). The van der Waals surface area contributed by atoms with Gasteiger partial charge in [0.25, 0.3) is 0 Å². The van der Waals surface area contributed by atoms with Crippen molar-refractivity contribution in [3.8, 4) is 0 Å². The number of carbonyl (C=O) groups excluding carboxylic acids is 1. The van der Waals surface area contributed by atoms with Crippen molar-refractivity contribution in [2.24, 2.45) is 17.8 Å². The number of rotatable bonds is 4. The highest BCUT2D eigenvalue weighted by molar-refractivity contribution is 5.68. The van der Waals surface area contributed by atoms with Gasteiger partial charge in [-0.05, 0) is 63.5 Å². The Morgan fingerprint density at radius 2 is 1.94 bits per heavy atom. The number of ether oxygens (including phenoxy) is 1. The van der Waals surface area contributed by atoms with E-state index in [2.05, 4.69) is 67.3 Å². The third-order valence-corrected chi connectivity index (χ3v) is 6.80. The van der Waals surface area contributed by atoms with Gasteiger partial charge < -0.3 is 15.4 Å². The van der Waals surface area contributed by atoms with Crippen molar-refractivity contribution in [2.45, 2.75) is 72.1 Å². The zero-order valence-electron chi connectivity index (χ0n) is 20.2. The van der Waals surface area contributed by atoms with E-state index < -0.39 is 5.60 Å². The van der Waals surface area contributed by atoms with Gasteiger partial charge in [0.1, 0.15) is 5.60 Å². The fraction of sp³-hybridized carbons (Fsp3) is 0.654. The number of hydrogen-bond acceptors (Lipinski definition) is 4. The van der Waals surface area contributed by atoms with Gasteiger partial charge >= 0.3 is 6.09 Å². The summed E-state index contributed by atoms with van der Waals surface area (Å²) in [6, 6.07) is 0.494. The molecular weight excluding hydrogens is 386 g/mol. The Morgan fingerprint density at radius 3 is 2.55 bits per heavy atom. The van der Waals surface area contributed by atoms with Crippen LogP contribution in [0.15, 0.2) is 47.7 Å². The van der Waals surface area contributed by atoms with E-state index in [0.717, 1.165) is 32.5 Å². The minimum absolute atomic E-state index is 0.167. The van der Waals surface area contributed by atoms with Gasteiger partial charge in [-0.2, -0.15) is 0 Å². The van der Waals surface area contributed by atoms with Crippen LogP contribution in [0.3, 0.4) is 0 Å². The number of likely N-dealkylation sites (tertiary alicyclic amines) is 1. The maximum absolute atomic E-state index is 12.2. The zero-order valence-corrected chi connectivity index (χ0v) is 20.2. The zero-order chi connectivity index (χ0) is 22.8. The summed E-state index contributed by atoms with van der Waals surface area (Å²) in [5.41, 5.74) is 3.73. The Labute approximate surface area is 188 Å². The summed E-state index contributed by atoms with van der Waals surface area (Å²) in [6.45, 7) is 19.5. The van der Waals surface area contributed by atoms with E-state index in [1.54, 1.807) is 0 Å². The molecule has 3 aliphatic rings. The van der Waals surface area contributed by atoms with Crippen LogP contribution in [0.4, 0.5) is 4.79 Å². The Morgan fingerprint density at radius 1 is 1.26 bits per heavy atom. The third-order valence-electron chi connectivity index (χ3n) is 6.80. The van der Waals surface area contributed by atoms with Crippen molar-refractivity contribution in [1.82, 2.24) is 15.5 Å². The fourth-order valence-electron chi connectivity index (χ4n) is 5.08. The molecular formula is C26H41N3O2. The van der Waals surface area contributed by atoms with E-state index in [4.69, 9.17) is 4.74 Å². The van der Waals surface area contributed by atoms with Crippen molar-refractivity contribution in [3.63, 3.8) is 0 Å². The second-order valence-electron chi connectivity index (χ2n) is 10.5. The van der Waals surface area contributed by atoms with Gasteiger partial charge in [-0.3, -0.25) is 4.90 Å². The number of allylic oxidation sites excluding steroid dienone is 3. The van der Waals surface area contributed by atoms with Gasteiger partial charge in [-0.1, -0.05) is 37.6 Å². The highest BCUT2D eigenvalue weighted by Gasteiger charge is 2.37. The van der Waals surface area contributed by atoms with Crippen molar-refractivity contribution < 1.29 is 9.53 Å². The number of hydrogen-bond donors (Lipinski definition) is 2. The monoisotopic (exact) mass is 427 g/mol. The number of nitrogens with one attached hydrogen (secondary N) is 2. The topological polar surface area (TPSA) is 53.6 Å². The molecule has 1 saturated heterocycles. The average Bonchev–Trinajstić information content (AvgIpc) is 2.69. The lowest BCUT2D eigenvalue weighted by Crippen LogP contribution is -2.53. The van der Waals surface area contributed by atoms with Gasteiger partial charge in [0.15, 0.2) is 0 Å². The summed E-state index contributed by atoms with van der Waals surface area (Å²) >= 11 is 0. The van der Waals surface area contributed by atoms with Crippen LogP contribution >= 0.6 is 0 Å². The molecule has 5 heteroatoms. The molecule has 3 rings (SSSR count). The van der Waals surface area contributed by atoms with Crippen LogP contribution in [0.5, 0.6) is 0 Å². The van der Waals surface area contributed by atoms with Crippen molar-refractivity contribution in [3.05, 3.63) is 47.7 Å². The minimum atomic E-state index is -0.467. The number of nitrogens with zero attached hydrogens (tertiary/aromatic N) is 1. The lowest BCUT2D eigenvalue weighted by molar-refractivity contribution is 0.0466. The van der Waals surface area contributed by atoms with E-state index in [1.807, 2.05) is 20.8 Å². The summed E-state index contributed by atoms with van der Waals surface area (Å²) in [4.78, 5) is 14.8. The second kappa shape index (κ2) is 9.64. The SMILES string of the molecule is C=CC1CNC=C(C2=CC(C)=CC(C)C2C)C1N1CCC(NC(=O)OC(C)(C)C)CC1. The lowest BCUT2D eigenvalue weighted by atomic mass is 9.74. The quantitative estimate of drug-likeness (QED) is 0.633. The van der Waals surface area contributed by atoms with E-state index >= 15 is 0 Å². The molecule has 1 aliphatic carbocycles. The molecule has 31 heavy (non-hydrogen) atoms. The smallest absolute Gasteiger partial charge is 0.407 e. The molecule has 4 atom stereocenters. The first kappa shape index (κ1) is 23.6. The van der Waals surface area contributed by atoms with Crippen molar-refractivity contribution in [2.75, 3.05) is 19.6 Å². The molecule has 0 radical (unpaired) electrons. The molecule has 0 spiro atoms. The first-order valence-electron chi connectivity index (χ1n) is 11.8. The molecule has 0 saturated carbocycles. The average molecular weight is 428 g/mol. The third kappa shape index (κ3) is 5.82. The largest absolute Gasteiger partial charge is 0.444 e. The maximum atomic E-state index is 12.2. The Hall–Kier alpha value is -2.01.